The Labute approximate surface area is 216 Å². The number of urea groups is 1. The zero-order valence-electron chi connectivity index (χ0n) is 20.4. The molecule has 9 heteroatoms. The summed E-state index contributed by atoms with van der Waals surface area (Å²) in [4.78, 5) is 47.2. The fraction of sp³-hybridized carbons (Fsp3) is 0.444. The minimum absolute atomic E-state index is 0.0199. The summed E-state index contributed by atoms with van der Waals surface area (Å²) in [5.41, 5.74) is 0.824. The van der Waals surface area contributed by atoms with Crippen LogP contribution in [0.4, 0.5) is 16.2 Å². The van der Waals surface area contributed by atoms with E-state index in [2.05, 4.69) is 10.2 Å². The maximum absolute atomic E-state index is 13.9. The molecule has 3 heterocycles. The van der Waals surface area contributed by atoms with Crippen molar-refractivity contribution >= 4 is 40.8 Å². The van der Waals surface area contributed by atoms with Crippen molar-refractivity contribution in [2.24, 2.45) is 0 Å². The Hall–Kier alpha value is -3.26. The van der Waals surface area contributed by atoms with Gasteiger partial charge in [0.15, 0.2) is 0 Å². The van der Waals surface area contributed by atoms with Gasteiger partial charge in [-0.25, -0.2) is 4.79 Å². The van der Waals surface area contributed by atoms with Gasteiger partial charge in [0, 0.05) is 42.6 Å². The van der Waals surface area contributed by atoms with Gasteiger partial charge in [0.2, 0.25) is 5.91 Å². The molecule has 3 aliphatic rings. The molecule has 36 heavy (non-hydrogen) atoms. The van der Waals surface area contributed by atoms with Crippen LogP contribution in [0, 0.1) is 0 Å². The number of hydrogen-bond donors (Lipinski definition) is 1. The van der Waals surface area contributed by atoms with Crippen molar-refractivity contribution < 1.29 is 14.4 Å². The van der Waals surface area contributed by atoms with Gasteiger partial charge >= 0.3 is 6.03 Å². The first kappa shape index (κ1) is 24.4. The van der Waals surface area contributed by atoms with Crippen LogP contribution < -0.4 is 10.2 Å². The number of carbonyl (C=O) groups excluding carboxylic acids is 3. The molecule has 1 spiro atoms. The van der Waals surface area contributed by atoms with E-state index in [1.807, 2.05) is 35.2 Å². The van der Waals surface area contributed by atoms with E-state index >= 15 is 0 Å². The summed E-state index contributed by atoms with van der Waals surface area (Å²) in [6.45, 7) is 2.89. The molecule has 2 aromatic rings. The third-order valence-corrected chi connectivity index (χ3v) is 7.81. The number of piperidine rings is 2. The number of amides is 4. The molecule has 3 aliphatic heterocycles. The van der Waals surface area contributed by atoms with Crippen molar-refractivity contribution in [2.75, 3.05) is 49.6 Å². The van der Waals surface area contributed by atoms with Crippen LogP contribution in [0.5, 0.6) is 0 Å². The molecule has 0 atom stereocenters. The molecule has 0 unspecified atom stereocenters. The van der Waals surface area contributed by atoms with Gasteiger partial charge in [-0.2, -0.15) is 0 Å². The number of carbonyl (C=O) groups is 3. The predicted octanol–water partition coefficient (Wildman–Crippen LogP) is 4.03. The highest BCUT2D eigenvalue weighted by Crippen LogP contribution is 2.39. The Balaban J connectivity index is 1.31. The van der Waals surface area contributed by atoms with Gasteiger partial charge in [0.25, 0.3) is 5.91 Å². The monoisotopic (exact) mass is 509 g/mol. The van der Waals surface area contributed by atoms with E-state index in [9.17, 15) is 14.4 Å². The lowest BCUT2D eigenvalue weighted by atomic mass is 9.85. The normalized spacial score (nSPS) is 19.6. The Morgan fingerprint density at radius 1 is 0.889 bits per heavy atom. The van der Waals surface area contributed by atoms with Gasteiger partial charge in [-0.3, -0.25) is 9.59 Å². The van der Waals surface area contributed by atoms with E-state index in [-0.39, 0.29) is 24.4 Å². The first-order valence-corrected chi connectivity index (χ1v) is 13.1. The van der Waals surface area contributed by atoms with Gasteiger partial charge in [-0.05, 0) is 62.4 Å². The van der Waals surface area contributed by atoms with Crippen LogP contribution in [0.2, 0.25) is 5.02 Å². The predicted molar refractivity (Wildman–Crippen MR) is 140 cm³/mol. The smallest absolute Gasteiger partial charge is 0.321 e. The number of para-hydroxylation sites is 1. The SMILES string of the molecule is O=C(CN1CN(c2ccccc2)C2(CCN(C(=O)Nc3cccc(Cl)c3)CC2)C1=O)N1CCCCC1. The molecule has 0 saturated carbocycles. The lowest BCUT2D eigenvalue weighted by Crippen LogP contribution is -2.58. The standard InChI is InChI=1S/C27H32ClN5O3/c28-21-8-7-9-22(18-21)29-26(36)31-16-12-27(13-17-31)25(35)32(19-24(34)30-14-5-2-6-15-30)20-33(27)23-10-3-1-4-11-23/h1,3-4,7-11,18H,2,5-6,12-17,19-20H2,(H,29,36). The fourth-order valence-corrected chi connectivity index (χ4v) is 5.77. The second kappa shape index (κ2) is 10.4. The van der Waals surface area contributed by atoms with Gasteiger partial charge in [0.05, 0.1) is 6.67 Å². The first-order chi connectivity index (χ1) is 17.5. The van der Waals surface area contributed by atoms with Crippen molar-refractivity contribution in [3.8, 4) is 0 Å². The Kier molecular flexibility index (Phi) is 7.05. The molecule has 3 fully saturated rings. The highest BCUT2D eigenvalue weighted by molar-refractivity contribution is 6.30. The van der Waals surface area contributed by atoms with E-state index in [0.717, 1.165) is 38.0 Å². The summed E-state index contributed by atoms with van der Waals surface area (Å²) >= 11 is 6.05. The first-order valence-electron chi connectivity index (χ1n) is 12.7. The molecule has 0 aliphatic carbocycles. The zero-order chi connectivity index (χ0) is 25.1. The third kappa shape index (κ3) is 4.87. The molecular formula is C27H32ClN5O3. The number of hydrogen-bond acceptors (Lipinski definition) is 4. The summed E-state index contributed by atoms with van der Waals surface area (Å²) in [5, 5.41) is 3.46. The second-order valence-corrected chi connectivity index (χ2v) is 10.2. The Morgan fingerprint density at radius 2 is 1.61 bits per heavy atom. The zero-order valence-corrected chi connectivity index (χ0v) is 21.1. The highest BCUT2D eigenvalue weighted by Gasteiger charge is 2.54. The number of benzene rings is 2. The molecule has 3 saturated heterocycles. The molecule has 0 bridgehead atoms. The third-order valence-electron chi connectivity index (χ3n) is 7.57. The second-order valence-electron chi connectivity index (χ2n) is 9.81. The van der Waals surface area contributed by atoms with Crippen LogP contribution >= 0.6 is 11.6 Å². The number of nitrogens with one attached hydrogen (secondary N) is 1. The van der Waals surface area contributed by atoms with E-state index in [4.69, 9.17) is 11.6 Å². The number of rotatable bonds is 4. The molecule has 1 N–H and O–H groups in total. The molecule has 5 rings (SSSR count). The highest BCUT2D eigenvalue weighted by atomic mass is 35.5. The molecule has 4 amide bonds. The quantitative estimate of drug-likeness (QED) is 0.675. The topological polar surface area (TPSA) is 76.2 Å². The number of halogens is 1. The van der Waals surface area contributed by atoms with Crippen molar-refractivity contribution in [3.05, 3.63) is 59.6 Å². The fourth-order valence-electron chi connectivity index (χ4n) is 5.58. The van der Waals surface area contributed by atoms with Crippen LogP contribution in [0.15, 0.2) is 54.6 Å². The van der Waals surface area contributed by atoms with E-state index in [0.29, 0.717) is 43.3 Å². The molecular weight excluding hydrogens is 478 g/mol. The van der Waals surface area contributed by atoms with Crippen LogP contribution in [0.3, 0.4) is 0 Å². The van der Waals surface area contributed by atoms with Gasteiger partial charge < -0.3 is 24.9 Å². The van der Waals surface area contributed by atoms with Crippen molar-refractivity contribution in [1.29, 1.82) is 0 Å². The van der Waals surface area contributed by atoms with Gasteiger partial charge in [-0.1, -0.05) is 35.9 Å². The number of nitrogens with zero attached hydrogens (tertiary/aromatic N) is 4. The Bertz CT molecular complexity index is 1110. The average molecular weight is 510 g/mol. The van der Waals surface area contributed by atoms with Gasteiger partial charge in [0.1, 0.15) is 12.1 Å². The Morgan fingerprint density at radius 3 is 2.31 bits per heavy atom. The van der Waals surface area contributed by atoms with Crippen LogP contribution in [-0.2, 0) is 9.59 Å². The lowest BCUT2D eigenvalue weighted by Gasteiger charge is -2.43. The summed E-state index contributed by atoms with van der Waals surface area (Å²) < 4.78 is 0. The van der Waals surface area contributed by atoms with E-state index < -0.39 is 5.54 Å². The largest absolute Gasteiger partial charge is 0.341 e. The lowest BCUT2D eigenvalue weighted by molar-refractivity contribution is -0.141. The van der Waals surface area contributed by atoms with Crippen LogP contribution in [0.25, 0.3) is 0 Å². The summed E-state index contributed by atoms with van der Waals surface area (Å²) in [5.74, 6) is -0.00180. The average Bonchev–Trinajstić information content (AvgIpc) is 3.16. The minimum atomic E-state index is -0.767. The summed E-state index contributed by atoms with van der Waals surface area (Å²) in [7, 11) is 0. The molecule has 0 radical (unpaired) electrons. The molecule has 0 aromatic heterocycles. The molecule has 190 valence electrons. The summed E-state index contributed by atoms with van der Waals surface area (Å²) in [6, 6.07) is 16.7. The molecule has 2 aromatic carbocycles. The summed E-state index contributed by atoms with van der Waals surface area (Å²) in [6.07, 6.45) is 4.19. The van der Waals surface area contributed by atoms with Crippen molar-refractivity contribution in [1.82, 2.24) is 14.7 Å². The maximum atomic E-state index is 13.9. The van der Waals surface area contributed by atoms with Crippen molar-refractivity contribution in [3.63, 3.8) is 0 Å². The van der Waals surface area contributed by atoms with Crippen LogP contribution in [0.1, 0.15) is 32.1 Å². The number of anilines is 2. The number of likely N-dealkylation sites (tertiary alicyclic amines) is 2. The minimum Gasteiger partial charge on any atom is -0.341 e. The maximum Gasteiger partial charge on any atom is 0.321 e. The van der Waals surface area contributed by atoms with Crippen LogP contribution in [-0.4, -0.2) is 77.5 Å². The molecule has 8 nitrogen and oxygen atoms in total. The van der Waals surface area contributed by atoms with Crippen molar-refractivity contribution in [2.45, 2.75) is 37.6 Å². The van der Waals surface area contributed by atoms with E-state index in [1.165, 1.54) is 0 Å². The van der Waals surface area contributed by atoms with E-state index in [1.54, 1.807) is 34.1 Å². The van der Waals surface area contributed by atoms with Gasteiger partial charge in [-0.15, -0.1) is 0 Å².